The standard InChI is InChI=1S/C8H8O2/c9-7-8-2-1-5(4-8)3-6(8)10-7/h1-2,5-6H,3-4H2. The highest BCUT2D eigenvalue weighted by Crippen LogP contribution is 2.57. The fourth-order valence-corrected chi connectivity index (χ4v) is 2.38. The van der Waals surface area contributed by atoms with Crippen LogP contribution in [0.2, 0.25) is 0 Å². The Morgan fingerprint density at radius 1 is 1.70 bits per heavy atom. The third-order valence-electron chi connectivity index (χ3n) is 2.99. The van der Waals surface area contributed by atoms with Crippen LogP contribution < -0.4 is 0 Å². The van der Waals surface area contributed by atoms with Gasteiger partial charge < -0.3 is 4.74 Å². The van der Waals surface area contributed by atoms with Gasteiger partial charge in [-0.15, -0.1) is 0 Å². The van der Waals surface area contributed by atoms with Crippen molar-refractivity contribution in [1.29, 1.82) is 0 Å². The van der Waals surface area contributed by atoms with Crippen molar-refractivity contribution in [2.24, 2.45) is 11.3 Å². The molecule has 1 saturated heterocycles. The molecule has 1 saturated carbocycles. The number of allylic oxidation sites excluding steroid dienone is 1. The first-order valence-corrected chi connectivity index (χ1v) is 3.72. The molecular weight excluding hydrogens is 128 g/mol. The lowest BCUT2D eigenvalue weighted by atomic mass is 9.80. The predicted octanol–water partition coefficient (Wildman–Crippen LogP) is 0.878. The van der Waals surface area contributed by atoms with Gasteiger partial charge in [-0.1, -0.05) is 12.2 Å². The molecule has 3 unspecified atom stereocenters. The lowest BCUT2D eigenvalue weighted by Gasteiger charge is -2.39. The largest absolute Gasteiger partial charge is 0.460 e. The Bertz CT molecular complexity index is 244. The second-order valence-electron chi connectivity index (χ2n) is 3.49. The summed E-state index contributed by atoms with van der Waals surface area (Å²) >= 11 is 0. The Labute approximate surface area is 58.9 Å². The zero-order valence-corrected chi connectivity index (χ0v) is 5.54. The van der Waals surface area contributed by atoms with Gasteiger partial charge in [-0.3, -0.25) is 4.79 Å². The summed E-state index contributed by atoms with van der Waals surface area (Å²) < 4.78 is 5.00. The first kappa shape index (κ1) is 4.94. The van der Waals surface area contributed by atoms with Crippen molar-refractivity contribution in [2.45, 2.75) is 18.9 Å². The molecule has 3 aliphatic rings. The second-order valence-corrected chi connectivity index (χ2v) is 3.49. The summed E-state index contributed by atoms with van der Waals surface area (Å²) in [6.45, 7) is 0. The highest BCUT2D eigenvalue weighted by atomic mass is 16.6. The molecule has 3 rings (SSSR count). The molecule has 0 aromatic rings. The maximum absolute atomic E-state index is 11.0. The normalized spacial score (nSPS) is 54.2. The van der Waals surface area contributed by atoms with Crippen LogP contribution in [0.25, 0.3) is 0 Å². The average Bonchev–Trinajstić information content (AvgIpc) is 2.43. The molecule has 2 nitrogen and oxygen atoms in total. The third-order valence-corrected chi connectivity index (χ3v) is 2.99. The van der Waals surface area contributed by atoms with E-state index < -0.39 is 0 Å². The van der Waals surface area contributed by atoms with Crippen molar-refractivity contribution in [2.75, 3.05) is 0 Å². The lowest BCUT2D eigenvalue weighted by Crippen LogP contribution is -2.51. The fourth-order valence-electron chi connectivity index (χ4n) is 2.38. The van der Waals surface area contributed by atoms with Crippen LogP contribution in [0.5, 0.6) is 0 Å². The minimum atomic E-state index is -0.134. The van der Waals surface area contributed by atoms with Crippen LogP contribution in [0.4, 0.5) is 0 Å². The van der Waals surface area contributed by atoms with Gasteiger partial charge in [0.25, 0.3) is 0 Å². The average molecular weight is 136 g/mol. The molecule has 2 fully saturated rings. The number of hydrogen-bond donors (Lipinski definition) is 0. The van der Waals surface area contributed by atoms with E-state index in [0.717, 1.165) is 12.8 Å². The molecule has 0 amide bonds. The monoisotopic (exact) mass is 136 g/mol. The van der Waals surface area contributed by atoms with E-state index >= 15 is 0 Å². The smallest absolute Gasteiger partial charge is 0.320 e. The van der Waals surface area contributed by atoms with Crippen LogP contribution >= 0.6 is 0 Å². The topological polar surface area (TPSA) is 26.3 Å². The van der Waals surface area contributed by atoms with Crippen molar-refractivity contribution in [3.8, 4) is 0 Å². The van der Waals surface area contributed by atoms with Gasteiger partial charge in [-0.25, -0.2) is 0 Å². The highest BCUT2D eigenvalue weighted by Gasteiger charge is 2.63. The van der Waals surface area contributed by atoms with Crippen molar-refractivity contribution in [3.63, 3.8) is 0 Å². The summed E-state index contributed by atoms with van der Waals surface area (Å²) in [6, 6.07) is 0. The van der Waals surface area contributed by atoms with E-state index in [0.29, 0.717) is 5.92 Å². The van der Waals surface area contributed by atoms with E-state index in [-0.39, 0.29) is 17.5 Å². The SMILES string of the molecule is O=C1OC2CC3C=CC12C3. The van der Waals surface area contributed by atoms with Gasteiger partial charge in [-0.05, 0) is 18.8 Å². The summed E-state index contributed by atoms with van der Waals surface area (Å²) in [4.78, 5) is 11.0. The van der Waals surface area contributed by atoms with Gasteiger partial charge in [0, 0.05) is 0 Å². The molecule has 2 bridgehead atoms. The molecule has 2 aliphatic carbocycles. The molecule has 0 aromatic carbocycles. The van der Waals surface area contributed by atoms with E-state index in [1.165, 1.54) is 0 Å². The van der Waals surface area contributed by atoms with Crippen LogP contribution in [0, 0.1) is 11.3 Å². The number of hydrogen-bond acceptors (Lipinski definition) is 2. The number of ether oxygens (including phenoxy) is 1. The molecule has 52 valence electrons. The van der Waals surface area contributed by atoms with Crippen LogP contribution in [-0.4, -0.2) is 12.1 Å². The summed E-state index contributed by atoms with van der Waals surface area (Å²) in [7, 11) is 0. The number of carbonyl (C=O) groups excluding carboxylic acids is 1. The van der Waals surface area contributed by atoms with Crippen LogP contribution in [0.15, 0.2) is 12.2 Å². The van der Waals surface area contributed by atoms with Gasteiger partial charge in [-0.2, -0.15) is 0 Å². The molecule has 2 heteroatoms. The molecule has 1 spiro atoms. The predicted molar refractivity (Wildman–Crippen MR) is 34.2 cm³/mol. The van der Waals surface area contributed by atoms with Crippen molar-refractivity contribution in [1.82, 2.24) is 0 Å². The van der Waals surface area contributed by atoms with Gasteiger partial charge in [0.1, 0.15) is 11.5 Å². The van der Waals surface area contributed by atoms with E-state index in [1.54, 1.807) is 0 Å². The Hall–Kier alpha value is -0.790. The molecule has 0 aromatic heterocycles. The summed E-state index contributed by atoms with van der Waals surface area (Å²) in [5.41, 5.74) is -0.134. The quantitative estimate of drug-likeness (QED) is 0.365. The fraction of sp³-hybridized carbons (Fsp3) is 0.625. The molecular formula is C8H8O2. The Kier molecular flexibility index (Phi) is 0.571. The molecule has 3 atom stereocenters. The molecule has 0 N–H and O–H groups in total. The second kappa shape index (κ2) is 1.16. The van der Waals surface area contributed by atoms with E-state index in [1.807, 2.05) is 0 Å². The number of fused-ring (bicyclic) bond motifs is 1. The van der Waals surface area contributed by atoms with Crippen molar-refractivity contribution < 1.29 is 9.53 Å². The van der Waals surface area contributed by atoms with Crippen LogP contribution in [-0.2, 0) is 9.53 Å². The maximum Gasteiger partial charge on any atom is 0.320 e. The number of rotatable bonds is 0. The zero-order chi connectivity index (χ0) is 6.77. The van der Waals surface area contributed by atoms with E-state index in [4.69, 9.17) is 4.74 Å². The zero-order valence-electron chi connectivity index (χ0n) is 5.54. The Morgan fingerprint density at radius 3 is 3.10 bits per heavy atom. The Morgan fingerprint density at radius 2 is 2.60 bits per heavy atom. The van der Waals surface area contributed by atoms with Gasteiger partial charge in [0.05, 0.1) is 0 Å². The van der Waals surface area contributed by atoms with Crippen LogP contribution in [0.3, 0.4) is 0 Å². The first-order valence-electron chi connectivity index (χ1n) is 3.72. The first-order chi connectivity index (χ1) is 4.81. The summed E-state index contributed by atoms with van der Waals surface area (Å²) in [5.74, 6) is 0.644. The van der Waals surface area contributed by atoms with Crippen molar-refractivity contribution >= 4 is 5.97 Å². The summed E-state index contributed by atoms with van der Waals surface area (Å²) in [5, 5.41) is 0. The number of esters is 1. The molecule has 1 heterocycles. The van der Waals surface area contributed by atoms with Gasteiger partial charge >= 0.3 is 5.97 Å². The van der Waals surface area contributed by atoms with Crippen molar-refractivity contribution in [3.05, 3.63) is 12.2 Å². The molecule has 1 aliphatic heterocycles. The molecule has 10 heavy (non-hydrogen) atoms. The van der Waals surface area contributed by atoms with E-state index in [9.17, 15) is 4.79 Å². The van der Waals surface area contributed by atoms with Crippen LogP contribution in [0.1, 0.15) is 12.8 Å². The van der Waals surface area contributed by atoms with Gasteiger partial charge in [0.2, 0.25) is 0 Å². The maximum atomic E-state index is 11.0. The third kappa shape index (κ3) is 0.305. The minimum Gasteiger partial charge on any atom is -0.460 e. The minimum absolute atomic E-state index is 0.00810. The molecule has 0 radical (unpaired) electrons. The van der Waals surface area contributed by atoms with E-state index in [2.05, 4.69) is 12.2 Å². The summed E-state index contributed by atoms with van der Waals surface area (Å²) in [6.07, 6.45) is 6.56. The van der Waals surface area contributed by atoms with Gasteiger partial charge in [0.15, 0.2) is 0 Å². The Balaban J connectivity index is 2.14. The lowest BCUT2D eigenvalue weighted by molar-refractivity contribution is -0.192. The number of carbonyl (C=O) groups is 1. The highest BCUT2D eigenvalue weighted by molar-refractivity contribution is 5.87.